The highest BCUT2D eigenvalue weighted by molar-refractivity contribution is 6.34. The van der Waals surface area contributed by atoms with Crippen LogP contribution in [-0.4, -0.2) is 33.2 Å². The second kappa shape index (κ2) is 9.56. The molecule has 0 atom stereocenters. The molecule has 1 amide bonds. The number of ether oxygens (including phenoxy) is 1. The Morgan fingerprint density at radius 2 is 1.91 bits per heavy atom. The Hall–Kier alpha value is -3.79. The second-order valence-electron chi connectivity index (χ2n) is 7.32. The van der Waals surface area contributed by atoms with E-state index in [0.29, 0.717) is 17.3 Å². The molecule has 1 N–H and O–H groups in total. The molecule has 0 radical (unpaired) electrons. The number of carbonyl (C=O) groups is 2. The maximum Gasteiger partial charge on any atom is 0.359 e. The molecule has 0 unspecified atom stereocenters. The molecule has 1 heterocycles. The number of hydrogen-bond acceptors (Lipinski definition) is 7. The number of aromatic nitrogens is 2. The number of esters is 1. The van der Waals surface area contributed by atoms with Gasteiger partial charge in [-0.1, -0.05) is 43.6 Å². The summed E-state index contributed by atoms with van der Waals surface area (Å²) < 4.78 is 6.30. The van der Waals surface area contributed by atoms with E-state index in [2.05, 4.69) is 10.4 Å². The average Bonchev–Trinajstić information content (AvgIpc) is 2.75. The lowest BCUT2D eigenvalue weighted by molar-refractivity contribution is -0.384. The third-order valence-electron chi connectivity index (χ3n) is 4.37. The fourth-order valence-electron chi connectivity index (χ4n) is 2.96. The number of nitrogens with one attached hydrogen (secondary N) is 1. The normalized spacial score (nSPS) is 10.9. The summed E-state index contributed by atoms with van der Waals surface area (Å²) in [5.41, 5.74) is -0.500. The Labute approximate surface area is 186 Å². The summed E-state index contributed by atoms with van der Waals surface area (Å²) in [5.74, 6) is -1.46. The summed E-state index contributed by atoms with van der Waals surface area (Å²) in [6.07, 6.45) is 0. The van der Waals surface area contributed by atoms with E-state index in [-0.39, 0.29) is 33.6 Å². The van der Waals surface area contributed by atoms with Gasteiger partial charge in [-0.3, -0.25) is 19.7 Å². The molecular formula is C21H19ClN4O6. The van der Waals surface area contributed by atoms with E-state index in [1.165, 1.54) is 16.8 Å². The van der Waals surface area contributed by atoms with Gasteiger partial charge in [-0.15, -0.1) is 0 Å². The van der Waals surface area contributed by atoms with Crippen LogP contribution in [0.3, 0.4) is 0 Å². The van der Waals surface area contributed by atoms with Crippen molar-refractivity contribution in [3.63, 3.8) is 0 Å². The predicted octanol–water partition coefficient (Wildman–Crippen LogP) is 3.41. The Balaban J connectivity index is 1.77. The van der Waals surface area contributed by atoms with Gasteiger partial charge in [0.2, 0.25) is 0 Å². The highest BCUT2D eigenvalue weighted by atomic mass is 35.5. The number of non-ortho nitro benzene ring substituents is 1. The number of halogens is 1. The first-order valence-corrected chi connectivity index (χ1v) is 9.96. The smallest absolute Gasteiger partial charge is 0.359 e. The van der Waals surface area contributed by atoms with Crippen LogP contribution in [0, 0.1) is 16.0 Å². The van der Waals surface area contributed by atoms with Gasteiger partial charge in [0, 0.05) is 24.1 Å². The van der Waals surface area contributed by atoms with Gasteiger partial charge < -0.3 is 10.1 Å². The largest absolute Gasteiger partial charge is 0.451 e. The summed E-state index contributed by atoms with van der Waals surface area (Å²) in [5, 5.41) is 17.9. The first-order chi connectivity index (χ1) is 15.2. The molecule has 0 aliphatic rings. The van der Waals surface area contributed by atoms with E-state index in [1.807, 2.05) is 13.8 Å². The van der Waals surface area contributed by atoms with Gasteiger partial charge in [-0.05, 0) is 18.1 Å². The molecule has 10 nitrogen and oxygen atoms in total. The fraction of sp³-hybridized carbons (Fsp3) is 0.238. The number of rotatable bonds is 7. The van der Waals surface area contributed by atoms with Crippen LogP contribution in [0.1, 0.15) is 24.3 Å². The van der Waals surface area contributed by atoms with Gasteiger partial charge >= 0.3 is 5.97 Å². The molecule has 11 heteroatoms. The number of benzene rings is 2. The van der Waals surface area contributed by atoms with Crippen LogP contribution in [0.2, 0.25) is 5.02 Å². The van der Waals surface area contributed by atoms with Crippen molar-refractivity contribution in [1.82, 2.24) is 9.78 Å². The van der Waals surface area contributed by atoms with Gasteiger partial charge in [0.1, 0.15) is 0 Å². The average molecular weight is 459 g/mol. The summed E-state index contributed by atoms with van der Waals surface area (Å²) >= 11 is 5.95. The van der Waals surface area contributed by atoms with Crippen molar-refractivity contribution in [3.8, 4) is 0 Å². The fourth-order valence-corrected chi connectivity index (χ4v) is 3.18. The van der Waals surface area contributed by atoms with Crippen molar-refractivity contribution >= 4 is 45.6 Å². The molecule has 0 saturated heterocycles. The maximum absolute atomic E-state index is 12.7. The highest BCUT2D eigenvalue weighted by Gasteiger charge is 2.20. The molecule has 1 aromatic heterocycles. The lowest BCUT2D eigenvalue weighted by atomic mass is 10.1. The summed E-state index contributed by atoms with van der Waals surface area (Å²) in [6.45, 7) is 3.48. The van der Waals surface area contributed by atoms with Crippen LogP contribution in [0.25, 0.3) is 10.8 Å². The molecule has 3 rings (SSSR count). The van der Waals surface area contributed by atoms with Crippen LogP contribution >= 0.6 is 11.6 Å². The van der Waals surface area contributed by atoms with Crippen LogP contribution in [-0.2, 0) is 16.1 Å². The molecule has 0 bridgehead atoms. The monoisotopic (exact) mass is 458 g/mol. The molecular weight excluding hydrogens is 440 g/mol. The lowest BCUT2D eigenvalue weighted by Crippen LogP contribution is -2.29. The number of anilines is 1. The number of amides is 1. The van der Waals surface area contributed by atoms with E-state index < -0.39 is 23.4 Å². The van der Waals surface area contributed by atoms with E-state index >= 15 is 0 Å². The van der Waals surface area contributed by atoms with Crippen LogP contribution in [0.15, 0.2) is 47.3 Å². The zero-order chi connectivity index (χ0) is 23.4. The lowest BCUT2D eigenvalue weighted by Gasteiger charge is -2.12. The predicted molar refractivity (Wildman–Crippen MR) is 118 cm³/mol. The van der Waals surface area contributed by atoms with Crippen molar-refractivity contribution in [2.75, 3.05) is 11.9 Å². The van der Waals surface area contributed by atoms with Gasteiger partial charge in [0.25, 0.3) is 17.2 Å². The first-order valence-electron chi connectivity index (χ1n) is 9.58. The van der Waals surface area contributed by atoms with Crippen LogP contribution < -0.4 is 10.9 Å². The minimum Gasteiger partial charge on any atom is -0.451 e. The molecule has 32 heavy (non-hydrogen) atoms. The van der Waals surface area contributed by atoms with Gasteiger partial charge in [-0.2, -0.15) is 5.10 Å². The summed E-state index contributed by atoms with van der Waals surface area (Å²) in [7, 11) is 0. The van der Waals surface area contributed by atoms with Gasteiger partial charge in [0.05, 0.1) is 21.0 Å². The van der Waals surface area contributed by atoms with Crippen LogP contribution in [0.4, 0.5) is 11.4 Å². The zero-order valence-corrected chi connectivity index (χ0v) is 18.0. The van der Waals surface area contributed by atoms with Gasteiger partial charge in [0.15, 0.2) is 12.3 Å². The third kappa shape index (κ3) is 5.09. The van der Waals surface area contributed by atoms with Crippen molar-refractivity contribution in [1.29, 1.82) is 0 Å². The van der Waals surface area contributed by atoms with Crippen molar-refractivity contribution in [2.45, 2.75) is 20.4 Å². The minimum atomic E-state index is -0.872. The minimum absolute atomic E-state index is 0.0349. The number of hydrogen-bond donors (Lipinski definition) is 1. The molecule has 0 fully saturated rings. The van der Waals surface area contributed by atoms with E-state index in [0.717, 1.165) is 6.07 Å². The molecule has 0 aliphatic heterocycles. The van der Waals surface area contributed by atoms with Crippen molar-refractivity contribution in [2.24, 2.45) is 5.92 Å². The maximum atomic E-state index is 12.7. The first kappa shape index (κ1) is 22.9. The van der Waals surface area contributed by atoms with Gasteiger partial charge in [-0.25, -0.2) is 9.48 Å². The Kier molecular flexibility index (Phi) is 6.84. The Bertz CT molecular complexity index is 1270. The van der Waals surface area contributed by atoms with E-state index in [4.69, 9.17) is 16.3 Å². The Morgan fingerprint density at radius 1 is 1.22 bits per heavy atom. The quantitative estimate of drug-likeness (QED) is 0.325. The number of nitro benzene ring substituents is 1. The summed E-state index contributed by atoms with van der Waals surface area (Å²) in [4.78, 5) is 47.7. The number of fused-ring (bicyclic) bond motifs is 1. The molecule has 0 aliphatic carbocycles. The number of carbonyl (C=O) groups excluding carboxylic acids is 2. The van der Waals surface area contributed by atoms with E-state index in [9.17, 15) is 24.5 Å². The molecule has 0 spiro atoms. The third-order valence-corrected chi connectivity index (χ3v) is 4.68. The summed E-state index contributed by atoms with van der Waals surface area (Å²) in [6, 6.07) is 10.1. The highest BCUT2D eigenvalue weighted by Crippen LogP contribution is 2.26. The topological polar surface area (TPSA) is 133 Å². The van der Waals surface area contributed by atoms with Crippen molar-refractivity contribution in [3.05, 3.63) is 73.6 Å². The molecule has 2 aromatic carbocycles. The SMILES string of the molecule is CC(C)Cn1nc(C(=O)OCC(=O)Nc2ccc([N+](=O)[O-])cc2Cl)c2ccccc2c1=O. The number of nitrogens with zero attached hydrogens (tertiary/aromatic N) is 3. The van der Waals surface area contributed by atoms with Crippen molar-refractivity contribution < 1.29 is 19.2 Å². The molecule has 0 saturated carbocycles. The second-order valence-corrected chi connectivity index (χ2v) is 7.73. The molecule has 3 aromatic rings. The van der Waals surface area contributed by atoms with Crippen LogP contribution in [0.5, 0.6) is 0 Å². The molecule has 166 valence electrons. The Morgan fingerprint density at radius 3 is 2.53 bits per heavy atom. The zero-order valence-electron chi connectivity index (χ0n) is 17.2. The number of nitro groups is 1. The standard InChI is InChI=1S/C21H19ClN4O6/c1-12(2)10-25-20(28)15-6-4-3-5-14(15)19(24-25)21(29)32-11-18(27)23-17-8-7-13(26(30)31)9-16(17)22/h3-9,12H,10-11H2,1-2H3,(H,23,27). The van der Waals surface area contributed by atoms with E-state index in [1.54, 1.807) is 24.3 Å².